The highest BCUT2D eigenvalue weighted by Crippen LogP contribution is 2.30. The molecule has 0 radical (unpaired) electrons. The standard InChI is InChI=1S/C22H14F3N5O3S/c23-14-6-9-19(17(25)10-14)29-21(13-4-2-1-3-5-13)27-28-22(29)34-12-20(31)26-18-11-15(30(32)33)7-8-16(18)24/h1-11H,12H2,(H,26,31). The van der Waals surface area contributed by atoms with Gasteiger partial charge in [0.15, 0.2) is 11.0 Å². The van der Waals surface area contributed by atoms with Gasteiger partial charge >= 0.3 is 0 Å². The maximum absolute atomic E-state index is 14.6. The highest BCUT2D eigenvalue weighted by atomic mass is 32.2. The molecule has 0 fully saturated rings. The SMILES string of the molecule is O=C(CSc1nnc(-c2ccccc2)n1-c1ccc(F)cc1F)Nc1cc([N+](=O)[O-])ccc1F. The molecule has 1 heterocycles. The van der Waals surface area contributed by atoms with Gasteiger partial charge in [0.1, 0.15) is 17.5 Å². The van der Waals surface area contributed by atoms with Crippen molar-refractivity contribution in [2.24, 2.45) is 0 Å². The molecule has 0 atom stereocenters. The maximum Gasteiger partial charge on any atom is 0.271 e. The van der Waals surface area contributed by atoms with Crippen molar-refractivity contribution in [3.8, 4) is 17.1 Å². The lowest BCUT2D eigenvalue weighted by Gasteiger charge is -2.11. The predicted octanol–water partition coefficient (Wildman–Crippen LogP) is 4.99. The molecule has 34 heavy (non-hydrogen) atoms. The lowest BCUT2D eigenvalue weighted by molar-refractivity contribution is -0.384. The van der Waals surface area contributed by atoms with Gasteiger partial charge in [-0.15, -0.1) is 10.2 Å². The van der Waals surface area contributed by atoms with Gasteiger partial charge in [-0.2, -0.15) is 0 Å². The van der Waals surface area contributed by atoms with Crippen LogP contribution >= 0.6 is 11.8 Å². The smallest absolute Gasteiger partial charge is 0.271 e. The van der Waals surface area contributed by atoms with Crippen molar-refractivity contribution in [1.29, 1.82) is 0 Å². The molecule has 3 aromatic carbocycles. The van der Waals surface area contributed by atoms with E-state index in [1.165, 1.54) is 10.6 Å². The molecule has 0 aliphatic rings. The molecule has 0 aliphatic carbocycles. The molecule has 0 bridgehead atoms. The first-order chi connectivity index (χ1) is 16.3. The van der Waals surface area contributed by atoms with Crippen LogP contribution in [0.5, 0.6) is 0 Å². The molecule has 4 aromatic rings. The van der Waals surface area contributed by atoms with Crippen molar-refractivity contribution < 1.29 is 22.9 Å². The van der Waals surface area contributed by atoms with Gasteiger partial charge < -0.3 is 5.32 Å². The molecule has 1 N–H and O–H groups in total. The Morgan fingerprint density at radius 3 is 2.47 bits per heavy atom. The van der Waals surface area contributed by atoms with Crippen LogP contribution in [0.1, 0.15) is 0 Å². The normalized spacial score (nSPS) is 10.8. The van der Waals surface area contributed by atoms with Crippen molar-refractivity contribution in [1.82, 2.24) is 14.8 Å². The minimum atomic E-state index is -0.859. The Bertz CT molecular complexity index is 1380. The average molecular weight is 485 g/mol. The fourth-order valence-corrected chi connectivity index (χ4v) is 3.80. The van der Waals surface area contributed by atoms with Crippen LogP contribution < -0.4 is 5.32 Å². The van der Waals surface area contributed by atoms with Crippen LogP contribution in [0, 0.1) is 27.6 Å². The molecule has 4 rings (SSSR count). The molecule has 12 heteroatoms. The zero-order valence-electron chi connectivity index (χ0n) is 17.1. The molecule has 0 saturated heterocycles. The number of carbonyl (C=O) groups excluding carboxylic acids is 1. The van der Waals surface area contributed by atoms with E-state index < -0.39 is 28.3 Å². The monoisotopic (exact) mass is 485 g/mol. The van der Waals surface area contributed by atoms with Gasteiger partial charge in [-0.1, -0.05) is 42.1 Å². The Morgan fingerprint density at radius 2 is 1.76 bits per heavy atom. The van der Waals surface area contributed by atoms with Crippen molar-refractivity contribution in [3.63, 3.8) is 0 Å². The molecule has 8 nitrogen and oxygen atoms in total. The van der Waals surface area contributed by atoms with E-state index in [-0.39, 0.29) is 33.8 Å². The van der Waals surface area contributed by atoms with Crippen molar-refractivity contribution in [2.75, 3.05) is 11.1 Å². The Morgan fingerprint density at radius 1 is 1.00 bits per heavy atom. The quantitative estimate of drug-likeness (QED) is 0.225. The van der Waals surface area contributed by atoms with Crippen LogP contribution in [0.4, 0.5) is 24.5 Å². The third kappa shape index (κ3) is 4.91. The highest BCUT2D eigenvalue weighted by molar-refractivity contribution is 7.99. The highest BCUT2D eigenvalue weighted by Gasteiger charge is 2.20. The number of rotatable bonds is 7. The van der Waals surface area contributed by atoms with E-state index in [0.29, 0.717) is 5.56 Å². The molecule has 0 unspecified atom stereocenters. The van der Waals surface area contributed by atoms with Crippen LogP contribution in [0.2, 0.25) is 0 Å². The Kier molecular flexibility index (Phi) is 6.59. The number of nitrogens with zero attached hydrogens (tertiary/aromatic N) is 4. The minimum Gasteiger partial charge on any atom is -0.323 e. The van der Waals surface area contributed by atoms with Crippen LogP contribution in [0.3, 0.4) is 0 Å². The van der Waals surface area contributed by atoms with E-state index in [0.717, 1.165) is 42.1 Å². The number of anilines is 1. The van der Waals surface area contributed by atoms with E-state index in [1.54, 1.807) is 30.3 Å². The summed E-state index contributed by atoms with van der Waals surface area (Å²) in [5, 5.41) is 21.4. The Hall–Kier alpha value is -4.19. The third-order valence-corrected chi connectivity index (χ3v) is 5.51. The molecule has 1 aromatic heterocycles. The van der Waals surface area contributed by atoms with Crippen molar-refractivity contribution >= 4 is 29.0 Å². The fourth-order valence-electron chi connectivity index (χ4n) is 3.06. The molecule has 0 aliphatic heterocycles. The number of carbonyl (C=O) groups is 1. The number of non-ortho nitro benzene ring substituents is 1. The second-order valence-corrected chi connectivity index (χ2v) is 7.80. The van der Waals surface area contributed by atoms with Gasteiger partial charge in [0.05, 0.1) is 22.1 Å². The van der Waals surface area contributed by atoms with Gasteiger partial charge in [0.2, 0.25) is 5.91 Å². The number of nitro benzene ring substituents is 1. The second kappa shape index (κ2) is 9.75. The number of amides is 1. The molecule has 1 amide bonds. The van der Waals surface area contributed by atoms with Gasteiger partial charge in [-0.05, 0) is 18.2 Å². The Labute approximate surface area is 194 Å². The summed E-state index contributed by atoms with van der Waals surface area (Å²) >= 11 is 0.875. The lowest BCUT2D eigenvalue weighted by Crippen LogP contribution is -2.16. The molecule has 172 valence electrons. The first-order valence-corrected chi connectivity index (χ1v) is 10.6. The summed E-state index contributed by atoms with van der Waals surface area (Å²) in [6.45, 7) is 0. The Balaban J connectivity index is 1.61. The summed E-state index contributed by atoms with van der Waals surface area (Å²) < 4.78 is 43.4. The first-order valence-electron chi connectivity index (χ1n) is 9.66. The number of hydrogen-bond donors (Lipinski definition) is 1. The van der Waals surface area contributed by atoms with Gasteiger partial charge in [-0.25, -0.2) is 13.2 Å². The van der Waals surface area contributed by atoms with E-state index in [9.17, 15) is 28.1 Å². The fraction of sp³-hybridized carbons (Fsp3) is 0.0455. The largest absolute Gasteiger partial charge is 0.323 e. The number of nitro groups is 1. The summed E-state index contributed by atoms with van der Waals surface area (Å²) in [5.41, 5.74) is -0.161. The number of hydrogen-bond acceptors (Lipinski definition) is 6. The summed E-state index contributed by atoms with van der Waals surface area (Å²) in [4.78, 5) is 22.6. The van der Waals surface area contributed by atoms with Crippen molar-refractivity contribution in [3.05, 3.63) is 94.3 Å². The number of halogens is 3. The first kappa shape index (κ1) is 23.0. The average Bonchev–Trinajstić information content (AvgIpc) is 3.23. The molecular weight excluding hydrogens is 471 g/mol. The zero-order valence-corrected chi connectivity index (χ0v) is 17.9. The van der Waals surface area contributed by atoms with Crippen LogP contribution in [-0.2, 0) is 4.79 Å². The van der Waals surface area contributed by atoms with E-state index in [4.69, 9.17) is 0 Å². The third-order valence-electron chi connectivity index (χ3n) is 4.58. The van der Waals surface area contributed by atoms with Gasteiger partial charge in [-0.3, -0.25) is 19.5 Å². The number of benzene rings is 3. The number of thioether (sulfide) groups is 1. The summed E-state index contributed by atoms with van der Waals surface area (Å²) in [7, 11) is 0. The topological polar surface area (TPSA) is 103 Å². The van der Waals surface area contributed by atoms with Crippen LogP contribution in [-0.4, -0.2) is 31.3 Å². The molecular formula is C22H14F3N5O3S. The van der Waals surface area contributed by atoms with Crippen molar-refractivity contribution in [2.45, 2.75) is 5.16 Å². The summed E-state index contributed by atoms with van der Waals surface area (Å²) in [6.07, 6.45) is 0. The second-order valence-electron chi connectivity index (χ2n) is 6.86. The van der Waals surface area contributed by atoms with Crippen LogP contribution in [0.15, 0.2) is 71.9 Å². The van der Waals surface area contributed by atoms with Gasteiger partial charge in [0, 0.05) is 23.8 Å². The van der Waals surface area contributed by atoms with Crippen LogP contribution in [0.25, 0.3) is 17.1 Å². The molecule has 0 saturated carbocycles. The molecule has 0 spiro atoms. The number of nitrogens with one attached hydrogen (secondary N) is 1. The maximum atomic E-state index is 14.6. The van der Waals surface area contributed by atoms with Gasteiger partial charge in [0.25, 0.3) is 5.69 Å². The van der Waals surface area contributed by atoms with E-state index in [2.05, 4.69) is 15.5 Å². The zero-order chi connectivity index (χ0) is 24.2. The van der Waals surface area contributed by atoms with E-state index in [1.807, 2.05) is 0 Å². The minimum absolute atomic E-state index is 0.0297. The summed E-state index contributed by atoms with van der Waals surface area (Å²) in [5.74, 6) is -3.17. The van der Waals surface area contributed by atoms with E-state index >= 15 is 0 Å². The predicted molar refractivity (Wildman–Crippen MR) is 119 cm³/mol. The summed E-state index contributed by atoms with van der Waals surface area (Å²) in [6, 6.07) is 14.5. The lowest BCUT2D eigenvalue weighted by atomic mass is 10.2. The number of aromatic nitrogens is 3.